The van der Waals surface area contributed by atoms with Crippen molar-refractivity contribution < 1.29 is 18.3 Å². The molecule has 0 aliphatic heterocycles. The van der Waals surface area contributed by atoms with E-state index in [1.165, 1.54) is 12.1 Å². The molecule has 1 atom stereocenters. The summed E-state index contributed by atoms with van der Waals surface area (Å²) >= 11 is 0. The maximum absolute atomic E-state index is 12.0. The summed E-state index contributed by atoms with van der Waals surface area (Å²) in [6.07, 6.45) is 0.0993. The van der Waals surface area contributed by atoms with Gasteiger partial charge in [-0.25, -0.2) is 0 Å². The van der Waals surface area contributed by atoms with E-state index >= 15 is 0 Å². The van der Waals surface area contributed by atoms with Crippen molar-refractivity contribution in [3.63, 3.8) is 0 Å². The van der Waals surface area contributed by atoms with E-state index in [4.69, 9.17) is 10.6 Å². The largest absolute Gasteiger partial charge is 0.435 e. The Labute approximate surface area is 105 Å². The van der Waals surface area contributed by atoms with Crippen LogP contribution in [0.2, 0.25) is 0 Å². The van der Waals surface area contributed by atoms with Gasteiger partial charge in [-0.15, -0.1) is 0 Å². The van der Waals surface area contributed by atoms with E-state index in [0.29, 0.717) is 6.61 Å². The first-order chi connectivity index (χ1) is 8.52. The lowest BCUT2D eigenvalue weighted by molar-refractivity contribution is -0.0498. The van der Waals surface area contributed by atoms with Crippen molar-refractivity contribution >= 4 is 0 Å². The predicted molar refractivity (Wildman–Crippen MR) is 64.2 cm³/mol. The molecule has 4 nitrogen and oxygen atoms in total. The lowest BCUT2D eigenvalue weighted by Gasteiger charge is -2.18. The fourth-order valence-electron chi connectivity index (χ4n) is 1.41. The first-order valence-corrected chi connectivity index (χ1v) is 5.65. The Morgan fingerprint density at radius 1 is 1.22 bits per heavy atom. The van der Waals surface area contributed by atoms with Gasteiger partial charge < -0.3 is 9.47 Å². The van der Waals surface area contributed by atoms with Gasteiger partial charge in [-0.2, -0.15) is 8.78 Å². The summed E-state index contributed by atoms with van der Waals surface area (Å²) < 4.78 is 33.7. The fourth-order valence-corrected chi connectivity index (χ4v) is 1.41. The predicted octanol–water partition coefficient (Wildman–Crippen LogP) is 2.22. The summed E-state index contributed by atoms with van der Waals surface area (Å²) in [5.74, 6) is 5.55. The molecule has 1 rings (SSSR count). The van der Waals surface area contributed by atoms with Gasteiger partial charge >= 0.3 is 6.61 Å². The maximum atomic E-state index is 12.0. The molecular formula is C12H18F2N2O2. The number of hydrogen-bond acceptors (Lipinski definition) is 4. The van der Waals surface area contributed by atoms with Gasteiger partial charge in [-0.1, -0.05) is 12.1 Å². The molecule has 0 aliphatic rings. The molecule has 0 saturated heterocycles. The van der Waals surface area contributed by atoms with Crippen molar-refractivity contribution in [2.45, 2.75) is 32.6 Å². The van der Waals surface area contributed by atoms with Gasteiger partial charge in [0, 0.05) is 0 Å². The molecule has 102 valence electrons. The number of alkyl halides is 2. The minimum Gasteiger partial charge on any atom is -0.435 e. The zero-order valence-electron chi connectivity index (χ0n) is 10.4. The Bertz CT molecular complexity index is 344. The highest BCUT2D eigenvalue weighted by Crippen LogP contribution is 2.19. The second-order valence-corrected chi connectivity index (χ2v) is 4.05. The van der Waals surface area contributed by atoms with Crippen LogP contribution in [-0.2, 0) is 4.74 Å². The fraction of sp³-hybridized carbons (Fsp3) is 0.500. The second kappa shape index (κ2) is 7.25. The van der Waals surface area contributed by atoms with Crippen LogP contribution in [0, 0.1) is 0 Å². The monoisotopic (exact) mass is 260 g/mol. The number of hydrogen-bond donors (Lipinski definition) is 2. The Balaban J connectivity index is 2.63. The van der Waals surface area contributed by atoms with Crippen molar-refractivity contribution in [3.8, 4) is 5.75 Å². The number of halogens is 2. The quantitative estimate of drug-likeness (QED) is 0.583. The molecule has 0 radical (unpaired) electrons. The van der Waals surface area contributed by atoms with E-state index in [1.807, 2.05) is 13.8 Å². The van der Waals surface area contributed by atoms with Gasteiger partial charge in [0.25, 0.3) is 0 Å². The number of nitrogens with one attached hydrogen (secondary N) is 1. The number of hydrazine groups is 1. The van der Waals surface area contributed by atoms with Gasteiger partial charge in [0.1, 0.15) is 5.75 Å². The summed E-state index contributed by atoms with van der Waals surface area (Å²) in [4.78, 5) is 0. The standard InChI is InChI=1S/C12H18F2N2O2/c1-8(2)17-7-11(16-15)9-3-5-10(6-4-9)18-12(13)14/h3-6,8,11-12,16H,7,15H2,1-2H3. The zero-order valence-corrected chi connectivity index (χ0v) is 10.4. The van der Waals surface area contributed by atoms with Crippen molar-refractivity contribution in [3.05, 3.63) is 29.8 Å². The van der Waals surface area contributed by atoms with E-state index < -0.39 is 6.61 Å². The van der Waals surface area contributed by atoms with Crippen LogP contribution in [-0.4, -0.2) is 19.3 Å². The van der Waals surface area contributed by atoms with Crippen molar-refractivity contribution in [2.24, 2.45) is 5.84 Å². The Hall–Kier alpha value is -1.24. The Kier molecular flexibility index (Phi) is 5.97. The van der Waals surface area contributed by atoms with Crippen LogP contribution in [0.5, 0.6) is 5.75 Å². The van der Waals surface area contributed by atoms with Crippen LogP contribution in [0.1, 0.15) is 25.5 Å². The molecule has 0 fully saturated rings. The molecule has 18 heavy (non-hydrogen) atoms. The highest BCUT2D eigenvalue weighted by atomic mass is 19.3. The SMILES string of the molecule is CC(C)OCC(NN)c1ccc(OC(F)F)cc1. The molecule has 3 N–H and O–H groups in total. The molecule has 0 spiro atoms. The van der Waals surface area contributed by atoms with E-state index in [9.17, 15) is 8.78 Å². The molecule has 0 heterocycles. The van der Waals surface area contributed by atoms with Crippen molar-refractivity contribution in [1.82, 2.24) is 5.43 Å². The molecule has 0 bridgehead atoms. The lowest BCUT2D eigenvalue weighted by atomic mass is 10.1. The summed E-state index contributed by atoms with van der Waals surface area (Å²) in [6, 6.07) is 6.10. The minimum atomic E-state index is -2.82. The van der Waals surface area contributed by atoms with Crippen LogP contribution in [0.3, 0.4) is 0 Å². The van der Waals surface area contributed by atoms with Gasteiger partial charge in [0.05, 0.1) is 18.8 Å². The molecule has 0 aliphatic carbocycles. The van der Waals surface area contributed by atoms with Crippen LogP contribution >= 0.6 is 0 Å². The molecule has 1 unspecified atom stereocenters. The smallest absolute Gasteiger partial charge is 0.387 e. The Morgan fingerprint density at radius 2 is 1.83 bits per heavy atom. The van der Waals surface area contributed by atoms with Crippen LogP contribution in [0.4, 0.5) is 8.78 Å². The number of ether oxygens (including phenoxy) is 2. The molecule has 6 heteroatoms. The molecule has 1 aromatic carbocycles. The lowest BCUT2D eigenvalue weighted by Crippen LogP contribution is -2.32. The number of benzene rings is 1. The van der Waals surface area contributed by atoms with Gasteiger partial charge in [0.15, 0.2) is 0 Å². The minimum absolute atomic E-state index is 0.0993. The number of rotatable bonds is 7. The highest BCUT2D eigenvalue weighted by Gasteiger charge is 2.11. The van der Waals surface area contributed by atoms with E-state index in [1.54, 1.807) is 12.1 Å². The van der Waals surface area contributed by atoms with Gasteiger partial charge in [0.2, 0.25) is 0 Å². The highest BCUT2D eigenvalue weighted by molar-refractivity contribution is 5.29. The third kappa shape index (κ3) is 4.95. The summed E-state index contributed by atoms with van der Waals surface area (Å²) in [5, 5.41) is 0. The van der Waals surface area contributed by atoms with E-state index in [-0.39, 0.29) is 17.9 Å². The first-order valence-electron chi connectivity index (χ1n) is 5.65. The van der Waals surface area contributed by atoms with Crippen molar-refractivity contribution in [1.29, 1.82) is 0 Å². The molecular weight excluding hydrogens is 242 g/mol. The normalized spacial score (nSPS) is 13.1. The van der Waals surface area contributed by atoms with Gasteiger partial charge in [-0.05, 0) is 31.5 Å². The van der Waals surface area contributed by atoms with E-state index in [0.717, 1.165) is 5.56 Å². The molecule has 0 aromatic heterocycles. The molecule has 0 amide bonds. The van der Waals surface area contributed by atoms with E-state index in [2.05, 4.69) is 10.2 Å². The maximum Gasteiger partial charge on any atom is 0.387 e. The Morgan fingerprint density at radius 3 is 2.28 bits per heavy atom. The second-order valence-electron chi connectivity index (χ2n) is 4.05. The first kappa shape index (κ1) is 14.8. The van der Waals surface area contributed by atoms with Gasteiger partial charge in [-0.3, -0.25) is 11.3 Å². The third-order valence-electron chi connectivity index (χ3n) is 2.31. The molecule has 1 aromatic rings. The average Bonchev–Trinajstić information content (AvgIpc) is 2.31. The zero-order chi connectivity index (χ0) is 13.5. The third-order valence-corrected chi connectivity index (χ3v) is 2.31. The molecule has 0 saturated carbocycles. The van der Waals surface area contributed by atoms with Crippen molar-refractivity contribution in [2.75, 3.05) is 6.61 Å². The summed E-state index contributed by atoms with van der Waals surface area (Å²) in [7, 11) is 0. The van der Waals surface area contributed by atoms with Crippen LogP contribution in [0.25, 0.3) is 0 Å². The van der Waals surface area contributed by atoms with Crippen LogP contribution < -0.4 is 16.0 Å². The summed E-state index contributed by atoms with van der Waals surface area (Å²) in [5.41, 5.74) is 3.47. The summed E-state index contributed by atoms with van der Waals surface area (Å²) in [6.45, 7) is 1.44. The van der Waals surface area contributed by atoms with Crippen LogP contribution in [0.15, 0.2) is 24.3 Å². The topological polar surface area (TPSA) is 56.5 Å². The number of nitrogens with two attached hydrogens (primary N) is 1. The average molecular weight is 260 g/mol.